The van der Waals surface area contributed by atoms with Gasteiger partial charge in [0.05, 0.1) is 0 Å². The highest BCUT2D eigenvalue weighted by Gasteiger charge is 2.32. The maximum Gasteiger partial charge on any atom is 0.261 e. The molecule has 0 saturated heterocycles. The lowest BCUT2D eigenvalue weighted by Gasteiger charge is -2.34. The minimum Gasteiger partial charge on any atom is -0.483 e. The van der Waals surface area contributed by atoms with E-state index in [1.165, 1.54) is 0 Å². The summed E-state index contributed by atoms with van der Waals surface area (Å²) >= 11 is 0. The van der Waals surface area contributed by atoms with Crippen LogP contribution in [0.1, 0.15) is 62.8 Å². The summed E-state index contributed by atoms with van der Waals surface area (Å²) in [7, 11) is 0. The Morgan fingerprint density at radius 3 is 2.16 bits per heavy atom. The molecule has 37 heavy (non-hydrogen) atoms. The minimum atomic E-state index is -0.697. The summed E-state index contributed by atoms with van der Waals surface area (Å²) in [4.78, 5) is 29.2. The average molecular weight is 501 g/mol. The number of hydrogen-bond acceptors (Lipinski definition) is 3. The number of para-hydroxylation sites is 1. The van der Waals surface area contributed by atoms with Crippen LogP contribution in [-0.2, 0) is 22.6 Å². The molecule has 0 fully saturated rings. The molecule has 0 aliphatic heterocycles. The van der Waals surface area contributed by atoms with Crippen molar-refractivity contribution in [2.75, 3.05) is 6.61 Å². The van der Waals surface area contributed by atoms with Gasteiger partial charge in [-0.3, -0.25) is 9.59 Å². The van der Waals surface area contributed by atoms with Crippen LogP contribution in [0.15, 0.2) is 78.9 Å². The fourth-order valence-electron chi connectivity index (χ4n) is 4.29. The lowest BCUT2D eigenvalue weighted by atomic mass is 10.00. The maximum atomic E-state index is 13.8. The molecule has 5 nitrogen and oxygen atoms in total. The number of benzene rings is 3. The SMILES string of the molecule is Cc1ccccc1CN(C(=O)COc1ccccc1C(C)C)C(Cc1ccccc1)C(=O)NC(C)(C)C. The summed E-state index contributed by atoms with van der Waals surface area (Å²) in [5.41, 5.74) is 3.68. The fraction of sp³-hybridized carbons (Fsp3) is 0.375. The number of amides is 2. The Morgan fingerprint density at radius 2 is 1.51 bits per heavy atom. The van der Waals surface area contributed by atoms with E-state index in [1.807, 2.05) is 107 Å². The molecule has 0 bridgehead atoms. The van der Waals surface area contributed by atoms with Gasteiger partial charge in [0.2, 0.25) is 5.91 Å². The molecule has 0 heterocycles. The van der Waals surface area contributed by atoms with Gasteiger partial charge in [-0.1, -0.05) is 86.6 Å². The topological polar surface area (TPSA) is 58.6 Å². The number of ether oxygens (including phenoxy) is 1. The number of aryl methyl sites for hydroxylation is 1. The third-order valence-corrected chi connectivity index (χ3v) is 6.26. The molecule has 3 rings (SSSR count). The quantitative estimate of drug-likeness (QED) is 0.369. The molecular formula is C32H40N2O3. The molecule has 1 N–H and O–H groups in total. The van der Waals surface area contributed by atoms with Gasteiger partial charge >= 0.3 is 0 Å². The molecule has 0 spiro atoms. The van der Waals surface area contributed by atoms with Gasteiger partial charge in [-0.05, 0) is 61.9 Å². The van der Waals surface area contributed by atoms with E-state index < -0.39 is 11.6 Å². The number of hydrogen-bond donors (Lipinski definition) is 1. The lowest BCUT2D eigenvalue weighted by molar-refractivity contribution is -0.143. The average Bonchev–Trinajstić information content (AvgIpc) is 2.85. The third-order valence-electron chi connectivity index (χ3n) is 6.26. The van der Waals surface area contributed by atoms with Gasteiger partial charge in [0.15, 0.2) is 6.61 Å². The van der Waals surface area contributed by atoms with Gasteiger partial charge in [-0.25, -0.2) is 0 Å². The van der Waals surface area contributed by atoms with E-state index in [9.17, 15) is 9.59 Å². The first-order valence-corrected chi connectivity index (χ1v) is 13.0. The number of nitrogens with one attached hydrogen (secondary N) is 1. The Morgan fingerprint density at radius 1 is 0.892 bits per heavy atom. The highest BCUT2D eigenvalue weighted by atomic mass is 16.5. The first kappa shape index (κ1) is 28.0. The van der Waals surface area contributed by atoms with E-state index in [0.717, 1.165) is 22.3 Å². The molecule has 0 aliphatic carbocycles. The van der Waals surface area contributed by atoms with Crippen LogP contribution < -0.4 is 10.1 Å². The predicted molar refractivity (Wildman–Crippen MR) is 150 cm³/mol. The molecule has 0 aliphatic rings. The lowest BCUT2D eigenvalue weighted by Crippen LogP contribution is -2.55. The smallest absolute Gasteiger partial charge is 0.261 e. The van der Waals surface area contributed by atoms with Crippen LogP contribution in [0, 0.1) is 6.92 Å². The molecular weight excluding hydrogens is 460 g/mol. The van der Waals surface area contributed by atoms with Crippen LogP contribution >= 0.6 is 0 Å². The number of rotatable bonds is 10. The van der Waals surface area contributed by atoms with Crippen molar-refractivity contribution in [1.82, 2.24) is 10.2 Å². The van der Waals surface area contributed by atoms with Gasteiger partial charge in [0.25, 0.3) is 5.91 Å². The van der Waals surface area contributed by atoms with Crippen molar-refractivity contribution in [2.24, 2.45) is 0 Å². The Kier molecular flexibility index (Phi) is 9.51. The zero-order valence-electron chi connectivity index (χ0n) is 23.0. The second kappa shape index (κ2) is 12.6. The second-order valence-electron chi connectivity index (χ2n) is 10.9. The summed E-state index contributed by atoms with van der Waals surface area (Å²) in [5.74, 6) is 0.547. The van der Waals surface area contributed by atoms with Crippen LogP contribution in [0.25, 0.3) is 0 Å². The summed E-state index contributed by atoms with van der Waals surface area (Å²) in [5, 5.41) is 3.10. The third kappa shape index (κ3) is 8.21. The standard InChI is InChI=1S/C32H40N2O3/c1-23(2)27-18-12-13-19-29(27)37-22-30(35)34(21-26-17-11-10-14-24(26)3)28(31(36)33-32(4,5)6)20-25-15-8-7-9-16-25/h7-19,23,28H,20-22H2,1-6H3,(H,33,36). The largest absolute Gasteiger partial charge is 0.483 e. The molecule has 0 saturated carbocycles. The molecule has 1 atom stereocenters. The van der Waals surface area contributed by atoms with Crippen LogP contribution in [0.2, 0.25) is 0 Å². The molecule has 2 amide bonds. The predicted octanol–water partition coefficient (Wildman–Crippen LogP) is 6.05. The van der Waals surface area contributed by atoms with Crippen molar-refractivity contribution in [3.63, 3.8) is 0 Å². The van der Waals surface area contributed by atoms with Crippen molar-refractivity contribution in [2.45, 2.75) is 72.0 Å². The highest BCUT2D eigenvalue weighted by molar-refractivity contribution is 5.89. The fourth-order valence-corrected chi connectivity index (χ4v) is 4.29. The van der Waals surface area contributed by atoms with Crippen molar-refractivity contribution in [1.29, 1.82) is 0 Å². The van der Waals surface area contributed by atoms with Gasteiger partial charge < -0.3 is 15.0 Å². The van der Waals surface area contributed by atoms with Gasteiger partial charge in [-0.15, -0.1) is 0 Å². The van der Waals surface area contributed by atoms with Crippen molar-refractivity contribution >= 4 is 11.8 Å². The Bertz CT molecular complexity index is 1180. The van der Waals surface area contributed by atoms with E-state index in [-0.39, 0.29) is 24.3 Å². The number of nitrogens with zero attached hydrogens (tertiary/aromatic N) is 1. The van der Waals surface area contributed by atoms with E-state index in [2.05, 4.69) is 19.2 Å². The summed E-state index contributed by atoms with van der Waals surface area (Å²) in [6, 6.07) is 24.9. The zero-order valence-corrected chi connectivity index (χ0v) is 23.0. The summed E-state index contributed by atoms with van der Waals surface area (Å²) < 4.78 is 6.07. The molecule has 0 aromatic heterocycles. The zero-order chi connectivity index (χ0) is 27.0. The monoisotopic (exact) mass is 500 g/mol. The Balaban J connectivity index is 1.96. The van der Waals surface area contributed by atoms with E-state index in [4.69, 9.17) is 4.74 Å². The molecule has 0 radical (unpaired) electrons. The van der Waals surface area contributed by atoms with Crippen molar-refractivity contribution in [3.8, 4) is 5.75 Å². The second-order valence-corrected chi connectivity index (χ2v) is 10.9. The minimum absolute atomic E-state index is 0.149. The first-order chi connectivity index (χ1) is 17.5. The van der Waals surface area contributed by atoms with Gasteiger partial charge in [-0.2, -0.15) is 0 Å². The van der Waals surface area contributed by atoms with Crippen LogP contribution in [0.4, 0.5) is 0 Å². The van der Waals surface area contributed by atoms with Crippen molar-refractivity contribution < 1.29 is 14.3 Å². The van der Waals surface area contributed by atoms with Crippen LogP contribution in [0.3, 0.4) is 0 Å². The summed E-state index contributed by atoms with van der Waals surface area (Å²) in [6.45, 7) is 12.2. The molecule has 3 aromatic carbocycles. The number of carbonyl (C=O) groups excluding carboxylic acids is 2. The summed E-state index contributed by atoms with van der Waals surface area (Å²) in [6.07, 6.45) is 0.406. The number of carbonyl (C=O) groups is 2. The van der Waals surface area contributed by atoms with Crippen molar-refractivity contribution in [3.05, 3.63) is 101 Å². The normalized spacial score (nSPS) is 12.2. The first-order valence-electron chi connectivity index (χ1n) is 13.0. The highest BCUT2D eigenvalue weighted by Crippen LogP contribution is 2.26. The van der Waals surface area contributed by atoms with Crippen LogP contribution in [-0.4, -0.2) is 34.9 Å². The Labute approximate surface area is 221 Å². The van der Waals surface area contributed by atoms with Crippen LogP contribution in [0.5, 0.6) is 5.75 Å². The molecule has 3 aromatic rings. The van der Waals surface area contributed by atoms with E-state index in [1.54, 1.807) is 4.90 Å². The molecule has 5 heteroatoms. The van der Waals surface area contributed by atoms with E-state index in [0.29, 0.717) is 18.7 Å². The molecule has 1 unspecified atom stereocenters. The Hall–Kier alpha value is -3.60. The van der Waals surface area contributed by atoms with E-state index >= 15 is 0 Å². The maximum absolute atomic E-state index is 13.8. The van der Waals surface area contributed by atoms with Gasteiger partial charge in [0.1, 0.15) is 11.8 Å². The molecule has 196 valence electrons. The van der Waals surface area contributed by atoms with Gasteiger partial charge in [0, 0.05) is 18.5 Å².